The summed E-state index contributed by atoms with van der Waals surface area (Å²) in [5.41, 5.74) is 1.16. The van der Waals surface area contributed by atoms with E-state index in [4.69, 9.17) is 16.3 Å². The highest BCUT2D eigenvalue weighted by Crippen LogP contribution is 2.29. The van der Waals surface area contributed by atoms with Crippen molar-refractivity contribution in [3.05, 3.63) is 53.3 Å². The quantitative estimate of drug-likeness (QED) is 0.663. The molecule has 28 heavy (non-hydrogen) atoms. The van der Waals surface area contributed by atoms with Crippen molar-refractivity contribution in [2.24, 2.45) is 0 Å². The standard InChI is InChI=1S/C20H27ClN6O/c1-2-9-25-10-12-26(13-11-25)19(16-5-7-17(21)8-6-16)20-22-23-24-27(20)15-18-4-3-14-28-18/h2,5-8,18-19H,1,3-4,9-15H2/t18-,19-/m0/s1. The van der Waals surface area contributed by atoms with Gasteiger partial charge < -0.3 is 4.74 Å². The molecule has 2 aliphatic rings. The Hall–Kier alpha value is -1.80. The van der Waals surface area contributed by atoms with Crippen LogP contribution in [0, 0.1) is 0 Å². The lowest BCUT2D eigenvalue weighted by Crippen LogP contribution is -2.48. The number of hydrogen-bond acceptors (Lipinski definition) is 6. The van der Waals surface area contributed by atoms with E-state index in [9.17, 15) is 0 Å². The van der Waals surface area contributed by atoms with Gasteiger partial charge in [0.05, 0.1) is 18.7 Å². The third-order valence-corrected chi connectivity index (χ3v) is 5.80. The van der Waals surface area contributed by atoms with Crippen molar-refractivity contribution < 1.29 is 4.74 Å². The van der Waals surface area contributed by atoms with Crippen molar-refractivity contribution in [3.63, 3.8) is 0 Å². The molecule has 7 nitrogen and oxygen atoms in total. The highest BCUT2D eigenvalue weighted by molar-refractivity contribution is 6.30. The molecule has 0 bridgehead atoms. The third kappa shape index (κ3) is 4.43. The maximum Gasteiger partial charge on any atom is 0.173 e. The zero-order valence-corrected chi connectivity index (χ0v) is 16.8. The lowest BCUT2D eigenvalue weighted by Gasteiger charge is -2.38. The van der Waals surface area contributed by atoms with E-state index in [0.29, 0.717) is 6.54 Å². The zero-order chi connectivity index (χ0) is 19.3. The summed E-state index contributed by atoms with van der Waals surface area (Å²) < 4.78 is 7.73. The molecule has 4 rings (SSSR count). The molecule has 2 atom stereocenters. The molecule has 2 aliphatic heterocycles. The second-order valence-corrected chi connectivity index (χ2v) is 7.87. The number of piperazine rings is 1. The van der Waals surface area contributed by atoms with Gasteiger partial charge in [0.1, 0.15) is 0 Å². The molecule has 8 heteroatoms. The summed E-state index contributed by atoms with van der Waals surface area (Å²) in [4.78, 5) is 4.87. The summed E-state index contributed by atoms with van der Waals surface area (Å²) in [5.74, 6) is 0.870. The van der Waals surface area contributed by atoms with E-state index in [1.54, 1.807) is 0 Å². The Morgan fingerprint density at radius 2 is 2.00 bits per heavy atom. The first-order valence-electron chi connectivity index (χ1n) is 9.95. The molecule has 0 amide bonds. The number of halogens is 1. The minimum atomic E-state index is -0.000416. The number of aromatic nitrogens is 4. The van der Waals surface area contributed by atoms with Crippen molar-refractivity contribution in [1.82, 2.24) is 30.0 Å². The first-order chi connectivity index (χ1) is 13.7. The summed E-state index contributed by atoms with van der Waals surface area (Å²) >= 11 is 6.13. The summed E-state index contributed by atoms with van der Waals surface area (Å²) in [6.07, 6.45) is 4.32. The Labute approximate surface area is 170 Å². The maximum absolute atomic E-state index is 6.13. The van der Waals surface area contributed by atoms with Gasteiger partial charge in [0.25, 0.3) is 0 Å². The molecular formula is C20H27ClN6O. The van der Waals surface area contributed by atoms with Gasteiger partial charge in [0.2, 0.25) is 0 Å². The van der Waals surface area contributed by atoms with Crippen LogP contribution < -0.4 is 0 Å². The Morgan fingerprint density at radius 3 is 2.68 bits per heavy atom. The van der Waals surface area contributed by atoms with Gasteiger partial charge in [-0.1, -0.05) is 29.8 Å². The van der Waals surface area contributed by atoms with Crippen LogP contribution in [0.4, 0.5) is 0 Å². The van der Waals surface area contributed by atoms with E-state index in [0.717, 1.165) is 68.6 Å². The van der Waals surface area contributed by atoms with Crippen LogP contribution in [0.5, 0.6) is 0 Å². The minimum Gasteiger partial charge on any atom is -0.376 e. The summed E-state index contributed by atoms with van der Waals surface area (Å²) in [6.45, 7) is 10.2. The van der Waals surface area contributed by atoms with Gasteiger partial charge in [-0.3, -0.25) is 9.80 Å². The lowest BCUT2D eigenvalue weighted by atomic mass is 10.0. The van der Waals surface area contributed by atoms with Crippen LogP contribution in [0.2, 0.25) is 5.02 Å². The predicted molar refractivity (Wildman–Crippen MR) is 108 cm³/mol. The van der Waals surface area contributed by atoms with Crippen LogP contribution in [-0.4, -0.2) is 75.4 Å². The van der Waals surface area contributed by atoms with Crippen molar-refractivity contribution >= 4 is 11.6 Å². The fourth-order valence-corrected chi connectivity index (χ4v) is 4.20. The average Bonchev–Trinajstić information content (AvgIpc) is 3.38. The molecule has 0 radical (unpaired) electrons. The molecule has 0 aliphatic carbocycles. The van der Waals surface area contributed by atoms with Crippen molar-refractivity contribution in [3.8, 4) is 0 Å². The summed E-state index contributed by atoms with van der Waals surface area (Å²) in [7, 11) is 0. The third-order valence-electron chi connectivity index (χ3n) is 5.55. The van der Waals surface area contributed by atoms with Gasteiger partial charge in [0, 0.05) is 44.4 Å². The first kappa shape index (κ1) is 19.5. The molecule has 2 saturated heterocycles. The molecule has 150 valence electrons. The predicted octanol–water partition coefficient (Wildman–Crippen LogP) is 2.40. The van der Waals surface area contributed by atoms with Gasteiger partial charge in [-0.2, -0.15) is 0 Å². The van der Waals surface area contributed by atoms with E-state index < -0.39 is 0 Å². The first-order valence-corrected chi connectivity index (χ1v) is 10.3. The largest absolute Gasteiger partial charge is 0.376 e. The number of rotatable bonds is 7. The monoisotopic (exact) mass is 402 g/mol. The summed E-state index contributed by atoms with van der Waals surface area (Å²) in [5, 5.41) is 13.4. The number of nitrogens with zero attached hydrogens (tertiary/aromatic N) is 6. The van der Waals surface area contributed by atoms with Crippen molar-refractivity contribution in [2.45, 2.75) is 31.5 Å². The SMILES string of the molecule is C=CCN1CCN([C@@H](c2ccc(Cl)cc2)c2nnnn2C[C@@H]2CCCO2)CC1. The second-order valence-electron chi connectivity index (χ2n) is 7.43. The van der Waals surface area contributed by atoms with E-state index in [1.807, 2.05) is 22.9 Å². The Balaban J connectivity index is 1.60. The number of ether oxygens (including phenoxy) is 1. The Kier molecular flexibility index (Phi) is 6.36. The molecular weight excluding hydrogens is 376 g/mol. The highest BCUT2D eigenvalue weighted by Gasteiger charge is 2.31. The molecule has 0 spiro atoms. The molecule has 2 fully saturated rings. The normalized spacial score (nSPS) is 22.4. The molecule has 3 heterocycles. The van der Waals surface area contributed by atoms with Gasteiger partial charge in [0.15, 0.2) is 5.82 Å². The average molecular weight is 403 g/mol. The van der Waals surface area contributed by atoms with Crippen LogP contribution in [0.25, 0.3) is 0 Å². The number of tetrazole rings is 1. The molecule has 0 N–H and O–H groups in total. The molecule has 1 aromatic heterocycles. The van der Waals surface area contributed by atoms with Gasteiger partial charge in [-0.05, 0) is 41.0 Å². The van der Waals surface area contributed by atoms with Crippen LogP contribution in [-0.2, 0) is 11.3 Å². The van der Waals surface area contributed by atoms with Crippen LogP contribution in [0.3, 0.4) is 0 Å². The lowest BCUT2D eigenvalue weighted by molar-refractivity contribution is 0.0868. The Bertz CT molecular complexity index is 765. The highest BCUT2D eigenvalue weighted by atomic mass is 35.5. The van der Waals surface area contributed by atoms with Gasteiger partial charge in [-0.15, -0.1) is 11.7 Å². The fraction of sp³-hybridized carbons (Fsp3) is 0.550. The van der Waals surface area contributed by atoms with Gasteiger partial charge in [-0.25, -0.2) is 4.68 Å². The number of benzene rings is 1. The minimum absolute atomic E-state index is 0.000416. The van der Waals surface area contributed by atoms with Crippen molar-refractivity contribution in [2.75, 3.05) is 39.3 Å². The molecule has 1 aromatic carbocycles. The second kappa shape index (κ2) is 9.13. The molecule has 0 saturated carbocycles. The van der Waals surface area contributed by atoms with E-state index in [1.165, 1.54) is 0 Å². The Morgan fingerprint density at radius 1 is 1.21 bits per heavy atom. The van der Waals surface area contributed by atoms with E-state index in [-0.39, 0.29) is 12.1 Å². The van der Waals surface area contributed by atoms with Crippen molar-refractivity contribution in [1.29, 1.82) is 0 Å². The van der Waals surface area contributed by atoms with Gasteiger partial charge >= 0.3 is 0 Å². The van der Waals surface area contributed by atoms with Crippen LogP contribution in [0.1, 0.15) is 30.3 Å². The topological polar surface area (TPSA) is 59.3 Å². The number of hydrogen-bond donors (Lipinski definition) is 0. The van der Waals surface area contributed by atoms with Crippen LogP contribution in [0.15, 0.2) is 36.9 Å². The maximum atomic E-state index is 6.13. The van der Waals surface area contributed by atoms with Crippen LogP contribution >= 0.6 is 11.6 Å². The zero-order valence-electron chi connectivity index (χ0n) is 16.1. The molecule has 0 unspecified atom stereocenters. The fourth-order valence-electron chi connectivity index (χ4n) is 4.07. The molecule has 2 aromatic rings. The van der Waals surface area contributed by atoms with E-state index in [2.05, 4.69) is 44.0 Å². The smallest absolute Gasteiger partial charge is 0.173 e. The van der Waals surface area contributed by atoms with E-state index >= 15 is 0 Å². The summed E-state index contributed by atoms with van der Waals surface area (Å²) in [6, 6.07) is 8.03.